The molecule has 1 amide bonds. The van der Waals surface area contributed by atoms with Gasteiger partial charge in [-0.15, -0.1) is 24.0 Å². The first kappa shape index (κ1) is 24.9. The first-order valence-corrected chi connectivity index (χ1v) is 10.8. The maximum absolute atomic E-state index is 12.5. The van der Waals surface area contributed by atoms with Crippen LogP contribution in [0.1, 0.15) is 31.2 Å². The second-order valence-electron chi connectivity index (χ2n) is 7.53. The van der Waals surface area contributed by atoms with E-state index in [2.05, 4.69) is 27.3 Å². The molecule has 1 aromatic carbocycles. The molecule has 2 aliphatic heterocycles. The van der Waals surface area contributed by atoms with Gasteiger partial charge in [0.1, 0.15) is 6.10 Å². The number of carbonyl (C=O) groups is 1. The standard InChI is InChI=1S/C22H34N4O3.HI/c1-23-22(24-11-5-6-16-28-18-19-8-3-2-4-9-19)26-14-12-25(13-15-26)21(27)20-10-7-17-29-20;/h2-4,8-9,20H,5-7,10-18H2,1H3,(H,23,24);1H. The Bertz CT molecular complexity index is 645. The number of piperazine rings is 1. The second-order valence-corrected chi connectivity index (χ2v) is 7.53. The van der Waals surface area contributed by atoms with Gasteiger partial charge in [0.05, 0.1) is 6.61 Å². The molecule has 0 aliphatic carbocycles. The Kier molecular flexibility index (Phi) is 11.5. The molecule has 0 spiro atoms. The Balaban J connectivity index is 0.00000320. The van der Waals surface area contributed by atoms with Gasteiger partial charge in [-0.25, -0.2) is 0 Å². The third-order valence-electron chi connectivity index (χ3n) is 5.42. The van der Waals surface area contributed by atoms with Crippen LogP contribution in [0.4, 0.5) is 0 Å². The van der Waals surface area contributed by atoms with Crippen molar-refractivity contribution in [2.45, 2.75) is 38.4 Å². The molecule has 2 saturated heterocycles. The SMILES string of the molecule is CN=C(NCCCCOCc1ccccc1)N1CCN(C(=O)C2CCCO2)CC1.I. The normalized spacial score (nSPS) is 19.5. The maximum Gasteiger partial charge on any atom is 0.251 e. The number of rotatable bonds is 8. The van der Waals surface area contributed by atoms with Crippen molar-refractivity contribution in [3.05, 3.63) is 35.9 Å². The zero-order valence-corrected chi connectivity index (χ0v) is 20.3. The van der Waals surface area contributed by atoms with Crippen LogP contribution in [0.15, 0.2) is 35.3 Å². The van der Waals surface area contributed by atoms with E-state index in [9.17, 15) is 4.79 Å². The Morgan fingerprint density at radius 1 is 1.17 bits per heavy atom. The van der Waals surface area contributed by atoms with E-state index in [0.29, 0.717) is 13.2 Å². The molecule has 8 heteroatoms. The van der Waals surface area contributed by atoms with Crippen LogP contribution < -0.4 is 5.32 Å². The quantitative estimate of drug-likeness (QED) is 0.242. The van der Waals surface area contributed by atoms with Crippen LogP contribution in [-0.2, 0) is 20.9 Å². The van der Waals surface area contributed by atoms with Crippen LogP contribution in [0.25, 0.3) is 0 Å². The topological polar surface area (TPSA) is 66.4 Å². The summed E-state index contributed by atoms with van der Waals surface area (Å²) in [6.45, 7) is 6.08. The third kappa shape index (κ3) is 7.70. The van der Waals surface area contributed by atoms with E-state index in [-0.39, 0.29) is 36.0 Å². The van der Waals surface area contributed by atoms with Gasteiger partial charge in [0.2, 0.25) is 0 Å². The molecule has 0 aromatic heterocycles. The summed E-state index contributed by atoms with van der Waals surface area (Å²) < 4.78 is 11.3. The Morgan fingerprint density at radius 2 is 1.90 bits per heavy atom. The lowest BCUT2D eigenvalue weighted by molar-refractivity contribution is -0.142. The fraction of sp³-hybridized carbons (Fsp3) is 0.636. The summed E-state index contributed by atoms with van der Waals surface area (Å²) in [6.07, 6.45) is 3.68. The van der Waals surface area contributed by atoms with E-state index in [4.69, 9.17) is 9.47 Å². The average Bonchev–Trinajstić information content (AvgIpc) is 3.31. The average molecular weight is 530 g/mol. The number of nitrogens with zero attached hydrogens (tertiary/aromatic N) is 3. The van der Waals surface area contributed by atoms with Crippen molar-refractivity contribution in [2.75, 3.05) is 53.0 Å². The number of guanidine groups is 1. The maximum atomic E-state index is 12.5. The van der Waals surface area contributed by atoms with Gasteiger partial charge in [0.25, 0.3) is 5.91 Å². The molecule has 1 N–H and O–H groups in total. The molecule has 2 aliphatic rings. The van der Waals surface area contributed by atoms with Gasteiger partial charge >= 0.3 is 0 Å². The summed E-state index contributed by atoms with van der Waals surface area (Å²) in [6, 6.07) is 10.3. The Hall–Kier alpha value is -1.39. The molecular weight excluding hydrogens is 495 g/mol. The fourth-order valence-electron chi connectivity index (χ4n) is 3.74. The van der Waals surface area contributed by atoms with Crippen molar-refractivity contribution in [3.8, 4) is 0 Å². The molecule has 1 aromatic rings. The van der Waals surface area contributed by atoms with Gasteiger partial charge in [-0.3, -0.25) is 9.79 Å². The number of benzene rings is 1. The number of ether oxygens (including phenoxy) is 2. The molecule has 2 fully saturated rings. The van der Waals surface area contributed by atoms with Gasteiger partial charge < -0.3 is 24.6 Å². The predicted molar refractivity (Wildman–Crippen MR) is 129 cm³/mol. The molecule has 1 unspecified atom stereocenters. The molecule has 0 saturated carbocycles. The summed E-state index contributed by atoms with van der Waals surface area (Å²) in [5.41, 5.74) is 1.21. The first-order valence-electron chi connectivity index (χ1n) is 10.8. The highest BCUT2D eigenvalue weighted by atomic mass is 127. The third-order valence-corrected chi connectivity index (χ3v) is 5.42. The number of nitrogens with one attached hydrogen (secondary N) is 1. The number of carbonyl (C=O) groups excluding carboxylic acids is 1. The summed E-state index contributed by atoms with van der Waals surface area (Å²) in [5.74, 6) is 1.07. The van der Waals surface area contributed by atoms with Crippen molar-refractivity contribution in [1.82, 2.24) is 15.1 Å². The van der Waals surface area contributed by atoms with Crippen molar-refractivity contribution in [3.63, 3.8) is 0 Å². The minimum atomic E-state index is -0.219. The van der Waals surface area contributed by atoms with E-state index >= 15 is 0 Å². The summed E-state index contributed by atoms with van der Waals surface area (Å²) >= 11 is 0. The summed E-state index contributed by atoms with van der Waals surface area (Å²) in [5, 5.41) is 3.44. The summed E-state index contributed by atoms with van der Waals surface area (Å²) in [7, 11) is 1.81. The lowest BCUT2D eigenvalue weighted by atomic mass is 10.2. The fourth-order valence-corrected chi connectivity index (χ4v) is 3.74. The number of amides is 1. The Labute approximate surface area is 197 Å². The molecule has 7 nitrogen and oxygen atoms in total. The zero-order valence-electron chi connectivity index (χ0n) is 17.9. The van der Waals surface area contributed by atoms with Crippen molar-refractivity contribution in [1.29, 1.82) is 0 Å². The highest BCUT2D eigenvalue weighted by molar-refractivity contribution is 14.0. The second kappa shape index (κ2) is 13.8. The van der Waals surface area contributed by atoms with Crippen molar-refractivity contribution in [2.24, 2.45) is 4.99 Å². The van der Waals surface area contributed by atoms with Gasteiger partial charge in [-0.05, 0) is 31.2 Å². The number of hydrogen-bond donors (Lipinski definition) is 1. The molecule has 3 rings (SSSR count). The lowest BCUT2D eigenvalue weighted by Gasteiger charge is -2.37. The van der Waals surface area contributed by atoms with Crippen LogP contribution in [0.3, 0.4) is 0 Å². The highest BCUT2D eigenvalue weighted by Crippen LogP contribution is 2.16. The van der Waals surface area contributed by atoms with Gasteiger partial charge in [0.15, 0.2) is 5.96 Å². The van der Waals surface area contributed by atoms with Crippen LogP contribution in [0.5, 0.6) is 0 Å². The zero-order chi connectivity index (χ0) is 20.3. The highest BCUT2D eigenvalue weighted by Gasteiger charge is 2.30. The number of unbranched alkanes of at least 4 members (excludes halogenated alkanes) is 1. The van der Waals surface area contributed by atoms with E-state index in [1.54, 1.807) is 0 Å². The molecule has 168 valence electrons. The lowest BCUT2D eigenvalue weighted by Crippen LogP contribution is -2.55. The van der Waals surface area contributed by atoms with Gasteiger partial charge in [-0.2, -0.15) is 0 Å². The predicted octanol–water partition coefficient (Wildman–Crippen LogP) is 2.50. The van der Waals surface area contributed by atoms with E-state index in [1.807, 2.05) is 30.1 Å². The first-order chi connectivity index (χ1) is 14.3. The summed E-state index contributed by atoms with van der Waals surface area (Å²) in [4.78, 5) is 21.0. The van der Waals surface area contributed by atoms with Gasteiger partial charge in [0, 0.05) is 53.0 Å². The minimum absolute atomic E-state index is 0. The molecule has 0 radical (unpaired) electrons. The molecule has 0 bridgehead atoms. The number of hydrogen-bond acceptors (Lipinski definition) is 4. The molecule has 2 heterocycles. The van der Waals surface area contributed by atoms with E-state index < -0.39 is 0 Å². The van der Waals surface area contributed by atoms with E-state index in [0.717, 1.165) is 71.0 Å². The van der Waals surface area contributed by atoms with Crippen LogP contribution in [0.2, 0.25) is 0 Å². The molecular formula is C22H35IN4O3. The Morgan fingerprint density at radius 3 is 2.57 bits per heavy atom. The van der Waals surface area contributed by atoms with Crippen LogP contribution in [-0.4, -0.2) is 80.8 Å². The van der Waals surface area contributed by atoms with Crippen molar-refractivity contribution < 1.29 is 14.3 Å². The van der Waals surface area contributed by atoms with E-state index in [1.165, 1.54) is 5.56 Å². The smallest absolute Gasteiger partial charge is 0.251 e. The number of halogens is 1. The molecule has 1 atom stereocenters. The minimum Gasteiger partial charge on any atom is -0.377 e. The van der Waals surface area contributed by atoms with Crippen LogP contribution in [0, 0.1) is 0 Å². The van der Waals surface area contributed by atoms with Crippen molar-refractivity contribution >= 4 is 35.8 Å². The van der Waals surface area contributed by atoms with Crippen LogP contribution >= 0.6 is 24.0 Å². The van der Waals surface area contributed by atoms with Gasteiger partial charge in [-0.1, -0.05) is 30.3 Å². The number of aliphatic imine (C=N–C) groups is 1. The monoisotopic (exact) mass is 530 g/mol. The molecule has 30 heavy (non-hydrogen) atoms. The largest absolute Gasteiger partial charge is 0.377 e.